The van der Waals surface area contributed by atoms with Gasteiger partial charge in [-0.1, -0.05) is 26.0 Å². The van der Waals surface area contributed by atoms with Gasteiger partial charge in [-0.05, 0) is 60.7 Å². The molecule has 0 fully saturated rings. The molecule has 2 aromatic carbocycles. The second kappa shape index (κ2) is 9.04. The first-order chi connectivity index (χ1) is 12.4. The topological polar surface area (TPSA) is 68.1 Å². The Hall–Kier alpha value is -2.82. The summed E-state index contributed by atoms with van der Waals surface area (Å²) in [7, 11) is 1.52. The number of aliphatic imine (C=N–C) groups is 1. The van der Waals surface area contributed by atoms with Gasteiger partial charge >= 0.3 is 5.97 Å². The molecule has 0 radical (unpaired) electrons. The van der Waals surface area contributed by atoms with E-state index < -0.39 is 12.1 Å². The van der Waals surface area contributed by atoms with Crippen LogP contribution in [0, 0.1) is 0 Å². The van der Waals surface area contributed by atoms with Crippen molar-refractivity contribution in [2.75, 3.05) is 7.11 Å². The molecule has 5 heteroatoms. The Bertz CT molecular complexity index is 768. The van der Waals surface area contributed by atoms with E-state index in [4.69, 9.17) is 14.6 Å². The highest BCUT2D eigenvalue weighted by atomic mass is 16.5. The van der Waals surface area contributed by atoms with Crippen LogP contribution in [0.5, 0.6) is 11.5 Å². The predicted molar refractivity (Wildman–Crippen MR) is 103 cm³/mol. The minimum absolute atomic E-state index is 0.387. The lowest BCUT2D eigenvalue weighted by atomic mass is 9.99. The molecule has 0 saturated carbocycles. The van der Waals surface area contributed by atoms with Crippen LogP contribution in [0.1, 0.15) is 44.2 Å². The van der Waals surface area contributed by atoms with Gasteiger partial charge in [0.05, 0.1) is 12.8 Å². The van der Waals surface area contributed by atoms with Crippen LogP contribution in [0.15, 0.2) is 47.5 Å². The first-order valence-corrected chi connectivity index (χ1v) is 8.66. The van der Waals surface area contributed by atoms with E-state index in [0.29, 0.717) is 17.4 Å². The van der Waals surface area contributed by atoms with E-state index in [-0.39, 0.29) is 0 Å². The molecule has 1 N–H and O–H groups in total. The first kappa shape index (κ1) is 19.5. The van der Waals surface area contributed by atoms with Crippen LogP contribution in [0.2, 0.25) is 0 Å². The molecule has 0 aliphatic carbocycles. The third-order valence-electron chi connectivity index (χ3n) is 4.28. The Labute approximate surface area is 154 Å². The Balaban J connectivity index is 2.14. The van der Waals surface area contributed by atoms with Gasteiger partial charge in [0.2, 0.25) is 0 Å². The van der Waals surface area contributed by atoms with Gasteiger partial charge < -0.3 is 14.6 Å². The van der Waals surface area contributed by atoms with Gasteiger partial charge in [-0.2, -0.15) is 0 Å². The van der Waals surface area contributed by atoms with Crippen LogP contribution in [0.3, 0.4) is 0 Å². The summed E-state index contributed by atoms with van der Waals surface area (Å²) in [6.07, 6.45) is 1.90. The fourth-order valence-electron chi connectivity index (χ4n) is 2.38. The summed E-state index contributed by atoms with van der Waals surface area (Å²) in [5.74, 6) is 0.364. The third kappa shape index (κ3) is 5.09. The number of aliphatic carboxylic acids is 1. The van der Waals surface area contributed by atoms with Gasteiger partial charge in [0.15, 0.2) is 17.6 Å². The number of ether oxygens (including phenoxy) is 2. The minimum atomic E-state index is -1.03. The summed E-state index contributed by atoms with van der Waals surface area (Å²) in [6, 6.07) is 13.5. The normalized spacial score (nSPS) is 13.4. The molecule has 0 saturated heterocycles. The van der Waals surface area contributed by atoms with Gasteiger partial charge in [-0.25, -0.2) is 4.79 Å². The maximum Gasteiger partial charge on any atom is 0.344 e. The van der Waals surface area contributed by atoms with Crippen LogP contribution in [-0.2, 0) is 4.79 Å². The molecule has 2 aromatic rings. The Kier molecular flexibility index (Phi) is 6.78. The fourth-order valence-corrected chi connectivity index (χ4v) is 2.38. The number of benzene rings is 2. The molecular weight excluding hydrogens is 330 g/mol. The highest BCUT2D eigenvalue weighted by Gasteiger charge is 2.15. The molecule has 0 unspecified atom stereocenters. The number of hydrogen-bond donors (Lipinski definition) is 1. The molecule has 26 heavy (non-hydrogen) atoms. The van der Waals surface area contributed by atoms with Crippen LogP contribution >= 0.6 is 0 Å². The number of nitrogens with zero attached hydrogens (tertiary/aromatic N) is 1. The van der Waals surface area contributed by atoms with E-state index in [0.717, 1.165) is 17.7 Å². The Morgan fingerprint density at radius 3 is 2.42 bits per heavy atom. The number of carboxylic acids is 1. The zero-order valence-electron chi connectivity index (χ0n) is 15.6. The number of methoxy groups -OCH3 is 1. The van der Waals surface area contributed by atoms with Crippen molar-refractivity contribution in [3.63, 3.8) is 0 Å². The SMILES string of the molecule is CC[C@H](C)c1ccc(N=Cc2ccc(O[C@H](C)C(=O)O)c(OC)c2)cc1. The average Bonchev–Trinajstić information content (AvgIpc) is 2.66. The maximum absolute atomic E-state index is 10.9. The quantitative estimate of drug-likeness (QED) is 0.690. The fraction of sp³-hybridized carbons (Fsp3) is 0.333. The zero-order chi connectivity index (χ0) is 19.1. The average molecular weight is 355 g/mol. The molecule has 0 heterocycles. The second-order valence-electron chi connectivity index (χ2n) is 6.17. The van der Waals surface area contributed by atoms with Crippen molar-refractivity contribution < 1.29 is 19.4 Å². The summed E-state index contributed by atoms with van der Waals surface area (Å²) in [6.45, 7) is 5.86. The highest BCUT2D eigenvalue weighted by molar-refractivity contribution is 5.83. The molecule has 138 valence electrons. The number of rotatable bonds is 8. The van der Waals surface area contributed by atoms with Crippen molar-refractivity contribution in [2.45, 2.75) is 39.2 Å². The van der Waals surface area contributed by atoms with Crippen molar-refractivity contribution in [1.29, 1.82) is 0 Å². The molecule has 0 aliphatic heterocycles. The van der Waals surface area contributed by atoms with Gasteiger partial charge in [-0.15, -0.1) is 0 Å². The van der Waals surface area contributed by atoms with E-state index in [1.165, 1.54) is 19.6 Å². The minimum Gasteiger partial charge on any atom is -0.493 e. The van der Waals surface area contributed by atoms with Gasteiger partial charge in [0.1, 0.15) is 0 Å². The predicted octanol–water partition coefficient (Wildman–Crippen LogP) is 4.81. The number of hydrogen-bond acceptors (Lipinski definition) is 4. The first-order valence-electron chi connectivity index (χ1n) is 8.66. The molecule has 5 nitrogen and oxygen atoms in total. The maximum atomic E-state index is 10.9. The molecular formula is C21H25NO4. The molecule has 2 rings (SSSR count). The number of carbonyl (C=O) groups is 1. The lowest BCUT2D eigenvalue weighted by molar-refractivity contribution is -0.144. The van der Waals surface area contributed by atoms with Gasteiger partial charge in [-0.3, -0.25) is 4.99 Å². The summed E-state index contributed by atoms with van der Waals surface area (Å²) in [5, 5.41) is 8.95. The lowest BCUT2D eigenvalue weighted by Crippen LogP contribution is -2.23. The highest BCUT2D eigenvalue weighted by Crippen LogP contribution is 2.29. The van der Waals surface area contributed by atoms with Gasteiger partial charge in [0.25, 0.3) is 0 Å². The summed E-state index contributed by atoms with van der Waals surface area (Å²) >= 11 is 0. The van der Waals surface area contributed by atoms with Crippen molar-refractivity contribution in [1.82, 2.24) is 0 Å². The van der Waals surface area contributed by atoms with Crippen LogP contribution < -0.4 is 9.47 Å². The molecule has 0 aromatic heterocycles. The van der Waals surface area contributed by atoms with Crippen molar-refractivity contribution >= 4 is 17.9 Å². The van der Waals surface area contributed by atoms with Crippen LogP contribution in [0.25, 0.3) is 0 Å². The monoisotopic (exact) mass is 355 g/mol. The lowest BCUT2D eigenvalue weighted by Gasteiger charge is -2.14. The molecule has 0 aliphatic rings. The smallest absolute Gasteiger partial charge is 0.344 e. The summed E-state index contributed by atoms with van der Waals surface area (Å²) in [4.78, 5) is 15.4. The van der Waals surface area contributed by atoms with Gasteiger partial charge in [0, 0.05) is 6.21 Å². The Morgan fingerprint density at radius 1 is 1.15 bits per heavy atom. The van der Waals surface area contributed by atoms with Crippen LogP contribution in [0.4, 0.5) is 5.69 Å². The van der Waals surface area contributed by atoms with Crippen LogP contribution in [-0.4, -0.2) is 30.5 Å². The molecule has 0 spiro atoms. The van der Waals surface area contributed by atoms with Crippen molar-refractivity contribution in [3.8, 4) is 11.5 Å². The summed E-state index contributed by atoms with van der Waals surface area (Å²) in [5.41, 5.74) is 3.01. The number of carboxylic acid groups (broad SMARTS) is 1. The van der Waals surface area contributed by atoms with E-state index >= 15 is 0 Å². The standard InChI is InChI=1S/C21H25NO4/c1-5-14(2)17-7-9-18(10-8-17)22-13-16-6-11-19(20(12-16)25-4)26-15(3)21(23)24/h6-15H,5H2,1-4H3,(H,23,24)/t14-,15+/m0/s1. The zero-order valence-corrected chi connectivity index (χ0v) is 15.6. The van der Waals surface area contributed by atoms with Crippen molar-refractivity contribution in [2.24, 2.45) is 4.99 Å². The molecule has 2 atom stereocenters. The van der Waals surface area contributed by atoms with E-state index in [2.05, 4.69) is 31.0 Å². The Morgan fingerprint density at radius 2 is 1.85 bits per heavy atom. The van der Waals surface area contributed by atoms with E-state index in [1.54, 1.807) is 18.3 Å². The van der Waals surface area contributed by atoms with E-state index in [1.807, 2.05) is 18.2 Å². The van der Waals surface area contributed by atoms with E-state index in [9.17, 15) is 4.79 Å². The second-order valence-corrected chi connectivity index (χ2v) is 6.17. The largest absolute Gasteiger partial charge is 0.493 e. The third-order valence-corrected chi connectivity index (χ3v) is 4.28. The summed E-state index contributed by atoms with van der Waals surface area (Å²) < 4.78 is 10.7. The van der Waals surface area contributed by atoms with Crippen molar-refractivity contribution in [3.05, 3.63) is 53.6 Å². The molecule has 0 amide bonds. The molecule has 0 bridgehead atoms.